The van der Waals surface area contributed by atoms with E-state index in [1.165, 1.54) is 5.56 Å². The molecule has 0 bridgehead atoms. The molecule has 2 aromatic rings. The van der Waals surface area contributed by atoms with Crippen LogP contribution in [0.2, 0.25) is 0 Å². The van der Waals surface area contributed by atoms with Gasteiger partial charge in [0.1, 0.15) is 0 Å². The summed E-state index contributed by atoms with van der Waals surface area (Å²) in [5.41, 5.74) is 3.18. The van der Waals surface area contributed by atoms with Gasteiger partial charge in [0.2, 0.25) is 0 Å². The van der Waals surface area contributed by atoms with Gasteiger partial charge in [-0.25, -0.2) is 0 Å². The summed E-state index contributed by atoms with van der Waals surface area (Å²) in [7, 11) is 0. The minimum Gasteiger partial charge on any atom is -0.285 e. The van der Waals surface area contributed by atoms with Crippen LogP contribution in [0, 0.1) is 12.3 Å². The largest absolute Gasteiger partial charge is 0.285 e. The maximum absolute atomic E-state index is 5.31. The molecule has 0 aliphatic heterocycles. The Morgan fingerprint density at radius 3 is 2.33 bits per heavy atom. The van der Waals surface area contributed by atoms with Crippen molar-refractivity contribution in [1.82, 2.24) is 0 Å². The molecule has 0 fully saturated rings. The Kier molecular flexibility index (Phi) is 3.94. The highest BCUT2D eigenvalue weighted by molar-refractivity contribution is 5.79. The van der Waals surface area contributed by atoms with E-state index >= 15 is 0 Å². The van der Waals surface area contributed by atoms with Crippen LogP contribution in [0.25, 0.3) is 0 Å². The average molecular weight is 233 g/mol. The van der Waals surface area contributed by atoms with Crippen LogP contribution in [0.15, 0.2) is 59.6 Å². The van der Waals surface area contributed by atoms with Gasteiger partial charge < -0.3 is 0 Å². The molecule has 1 heteroatoms. The van der Waals surface area contributed by atoms with Gasteiger partial charge in [-0.2, -0.15) is 0 Å². The number of benzene rings is 2. The molecule has 0 heterocycles. The van der Waals surface area contributed by atoms with Crippen molar-refractivity contribution >= 4 is 6.21 Å². The smallest absolute Gasteiger partial charge is 0.0721 e. The number of hydrogen-bond donors (Lipinski definition) is 0. The van der Waals surface area contributed by atoms with Crippen LogP contribution in [0.1, 0.15) is 29.7 Å². The molecule has 0 saturated heterocycles. The van der Waals surface area contributed by atoms with Gasteiger partial charge in [0, 0.05) is 11.8 Å². The molecular formula is C17H15N. The first-order valence-electron chi connectivity index (χ1n) is 5.94. The molecule has 18 heavy (non-hydrogen) atoms. The molecule has 1 atom stereocenters. The van der Waals surface area contributed by atoms with Crippen molar-refractivity contribution in [2.75, 3.05) is 0 Å². The number of rotatable bonds is 3. The summed E-state index contributed by atoms with van der Waals surface area (Å²) in [6.45, 7) is 2.08. The van der Waals surface area contributed by atoms with Crippen molar-refractivity contribution in [1.29, 1.82) is 0 Å². The maximum atomic E-state index is 5.31. The minimum atomic E-state index is 0.165. The van der Waals surface area contributed by atoms with E-state index in [2.05, 4.69) is 30.0 Å². The lowest BCUT2D eigenvalue weighted by atomic mass is 10.1. The predicted molar refractivity (Wildman–Crippen MR) is 76.8 cm³/mol. The van der Waals surface area contributed by atoms with Crippen LogP contribution in [0.3, 0.4) is 0 Å². The second-order valence-corrected chi connectivity index (χ2v) is 4.13. The van der Waals surface area contributed by atoms with E-state index in [9.17, 15) is 0 Å². The number of aliphatic imine (C=N–C) groups is 1. The van der Waals surface area contributed by atoms with Crippen LogP contribution in [-0.2, 0) is 0 Å². The molecule has 0 aliphatic carbocycles. The third kappa shape index (κ3) is 3.09. The molecule has 1 unspecified atom stereocenters. The standard InChI is InChI=1S/C17H15N/c1-3-15-9-11-16(12-10-15)13-18-14(2)17-7-5-4-6-8-17/h1,4-14H,2H3. The lowest BCUT2D eigenvalue weighted by Gasteiger charge is -2.05. The summed E-state index contributed by atoms with van der Waals surface area (Å²) in [5.74, 6) is 2.60. The van der Waals surface area contributed by atoms with E-state index in [-0.39, 0.29) is 6.04 Å². The molecule has 88 valence electrons. The topological polar surface area (TPSA) is 12.4 Å². The van der Waals surface area contributed by atoms with Crippen molar-refractivity contribution in [2.45, 2.75) is 13.0 Å². The molecule has 0 saturated carbocycles. The Balaban J connectivity index is 2.09. The zero-order valence-electron chi connectivity index (χ0n) is 10.4. The quantitative estimate of drug-likeness (QED) is 0.564. The van der Waals surface area contributed by atoms with E-state index in [1.807, 2.05) is 48.7 Å². The van der Waals surface area contributed by atoms with Crippen LogP contribution >= 0.6 is 0 Å². The monoisotopic (exact) mass is 233 g/mol. The van der Waals surface area contributed by atoms with Crippen LogP contribution < -0.4 is 0 Å². The minimum absolute atomic E-state index is 0.165. The van der Waals surface area contributed by atoms with E-state index in [0.717, 1.165) is 11.1 Å². The second-order valence-electron chi connectivity index (χ2n) is 4.13. The van der Waals surface area contributed by atoms with Gasteiger partial charge in [-0.15, -0.1) is 6.42 Å². The van der Waals surface area contributed by atoms with E-state index in [0.29, 0.717) is 0 Å². The van der Waals surface area contributed by atoms with E-state index in [4.69, 9.17) is 6.42 Å². The van der Waals surface area contributed by atoms with Crippen molar-refractivity contribution in [3.8, 4) is 12.3 Å². The zero-order chi connectivity index (χ0) is 12.8. The SMILES string of the molecule is C#Cc1ccc(C=NC(C)c2ccccc2)cc1. The van der Waals surface area contributed by atoms with E-state index in [1.54, 1.807) is 0 Å². The summed E-state index contributed by atoms with van der Waals surface area (Å²) in [4.78, 5) is 4.54. The number of hydrogen-bond acceptors (Lipinski definition) is 1. The van der Waals surface area contributed by atoms with Gasteiger partial charge in [-0.1, -0.05) is 48.4 Å². The molecule has 0 aromatic heterocycles. The third-order valence-electron chi connectivity index (χ3n) is 2.81. The maximum Gasteiger partial charge on any atom is 0.0721 e. The van der Waals surface area contributed by atoms with Gasteiger partial charge in [0.25, 0.3) is 0 Å². The third-order valence-corrected chi connectivity index (χ3v) is 2.81. The Morgan fingerprint density at radius 1 is 1.06 bits per heavy atom. The van der Waals surface area contributed by atoms with Crippen molar-refractivity contribution in [3.63, 3.8) is 0 Å². The van der Waals surface area contributed by atoms with Crippen LogP contribution in [-0.4, -0.2) is 6.21 Å². The van der Waals surface area contributed by atoms with Gasteiger partial charge in [-0.3, -0.25) is 4.99 Å². The fourth-order valence-electron chi connectivity index (χ4n) is 1.68. The number of nitrogens with zero attached hydrogens (tertiary/aromatic N) is 1. The van der Waals surface area contributed by atoms with Gasteiger partial charge >= 0.3 is 0 Å². The summed E-state index contributed by atoms with van der Waals surface area (Å²) >= 11 is 0. The highest BCUT2D eigenvalue weighted by Crippen LogP contribution is 2.15. The Morgan fingerprint density at radius 2 is 1.72 bits per heavy atom. The molecule has 2 aromatic carbocycles. The van der Waals surface area contributed by atoms with Gasteiger partial charge in [0.15, 0.2) is 0 Å². The summed E-state index contributed by atoms with van der Waals surface area (Å²) in [6, 6.07) is 18.2. The molecular weight excluding hydrogens is 218 g/mol. The molecule has 0 amide bonds. The zero-order valence-corrected chi connectivity index (χ0v) is 10.4. The highest BCUT2D eigenvalue weighted by atomic mass is 14.8. The van der Waals surface area contributed by atoms with Crippen molar-refractivity contribution in [3.05, 3.63) is 71.3 Å². The van der Waals surface area contributed by atoms with Gasteiger partial charge in [0.05, 0.1) is 6.04 Å². The summed E-state index contributed by atoms with van der Waals surface area (Å²) in [6.07, 6.45) is 7.20. The normalized spacial score (nSPS) is 12.2. The Hall–Kier alpha value is -2.33. The fourth-order valence-corrected chi connectivity index (χ4v) is 1.68. The molecule has 0 aliphatic rings. The van der Waals surface area contributed by atoms with Crippen molar-refractivity contribution < 1.29 is 0 Å². The second kappa shape index (κ2) is 5.84. The van der Waals surface area contributed by atoms with Gasteiger partial charge in [-0.05, 0) is 30.2 Å². The first-order valence-corrected chi connectivity index (χ1v) is 5.94. The molecule has 0 spiro atoms. The lowest BCUT2D eigenvalue weighted by molar-refractivity contribution is 0.825. The first kappa shape index (κ1) is 12.1. The fraction of sp³-hybridized carbons (Fsp3) is 0.118. The molecule has 2 rings (SSSR count). The number of terminal acetylenes is 1. The lowest BCUT2D eigenvalue weighted by Crippen LogP contribution is -1.90. The molecule has 0 N–H and O–H groups in total. The molecule has 0 radical (unpaired) electrons. The average Bonchev–Trinajstić information content (AvgIpc) is 2.46. The summed E-state index contributed by atoms with van der Waals surface area (Å²) in [5, 5.41) is 0. The predicted octanol–water partition coefficient (Wildman–Crippen LogP) is 3.85. The van der Waals surface area contributed by atoms with Crippen LogP contribution in [0.4, 0.5) is 0 Å². The van der Waals surface area contributed by atoms with Crippen LogP contribution in [0.5, 0.6) is 0 Å². The van der Waals surface area contributed by atoms with Crippen molar-refractivity contribution in [2.24, 2.45) is 4.99 Å². The Bertz CT molecular complexity index is 559. The highest BCUT2D eigenvalue weighted by Gasteiger charge is 2.00. The first-order chi connectivity index (χ1) is 8.79. The van der Waals surface area contributed by atoms with E-state index < -0.39 is 0 Å². The summed E-state index contributed by atoms with van der Waals surface area (Å²) < 4.78 is 0. The Labute approximate surface area is 108 Å². The molecule has 1 nitrogen and oxygen atoms in total.